The molecule has 0 aromatic rings. The summed E-state index contributed by atoms with van der Waals surface area (Å²) in [7, 11) is 0. The summed E-state index contributed by atoms with van der Waals surface area (Å²) in [6.07, 6.45) is 7.28. The van der Waals surface area contributed by atoms with Crippen molar-refractivity contribution in [1.82, 2.24) is 0 Å². The van der Waals surface area contributed by atoms with Crippen molar-refractivity contribution in [3.63, 3.8) is 0 Å². The van der Waals surface area contributed by atoms with Gasteiger partial charge < -0.3 is 6.42 Å². The minimum Gasteiger partial charge on any atom is -0.644 e. The summed E-state index contributed by atoms with van der Waals surface area (Å²) >= 11 is 0. The molecule has 0 spiro atoms. The van der Waals surface area contributed by atoms with Crippen LogP contribution in [0.5, 0.6) is 0 Å². The van der Waals surface area contributed by atoms with Crippen LogP contribution in [0.2, 0.25) is 0 Å². The Labute approximate surface area is 59.5 Å². The second-order valence-corrected chi connectivity index (χ2v) is 0.396. The van der Waals surface area contributed by atoms with E-state index in [2.05, 4.69) is 20.0 Å². The summed E-state index contributed by atoms with van der Waals surface area (Å²) in [5, 5.41) is 16.7. The van der Waals surface area contributed by atoms with Crippen LogP contribution in [-0.4, -0.2) is 5.26 Å². The zero-order valence-electron chi connectivity index (χ0n) is 3.40. The van der Waals surface area contributed by atoms with Crippen molar-refractivity contribution in [3.8, 4) is 6.11 Å². The molecule has 0 atom stereocenters. The van der Waals surface area contributed by atoms with E-state index >= 15 is 0 Å². The average molecular weight is 300 g/mol. The van der Waals surface area contributed by atoms with E-state index in [0.29, 0.717) is 0 Å². The molecule has 0 saturated heterocycles. The van der Waals surface area contributed by atoms with Gasteiger partial charge in [0.15, 0.2) is 0 Å². The SMILES string of the molecule is [C-]#COOOOO.[Pt]. The Morgan fingerprint density at radius 1 is 1.38 bits per heavy atom. The molecule has 0 aliphatic carbocycles. The summed E-state index contributed by atoms with van der Waals surface area (Å²) in [4.78, 5) is 3.48. The maximum Gasteiger partial charge on any atom is 0.0260 e. The van der Waals surface area contributed by atoms with E-state index in [9.17, 15) is 0 Å². The van der Waals surface area contributed by atoms with Crippen LogP contribution in [0.4, 0.5) is 0 Å². The van der Waals surface area contributed by atoms with Crippen LogP contribution in [0.25, 0.3) is 0 Å². The van der Waals surface area contributed by atoms with Crippen LogP contribution in [0, 0.1) is 12.5 Å². The molecule has 0 aliphatic rings. The summed E-state index contributed by atoms with van der Waals surface area (Å²) < 4.78 is 0. The molecule has 0 unspecified atom stereocenters. The molecule has 8 heavy (non-hydrogen) atoms. The summed E-state index contributed by atoms with van der Waals surface area (Å²) in [5.41, 5.74) is 0. The van der Waals surface area contributed by atoms with E-state index in [1.54, 1.807) is 0 Å². The van der Waals surface area contributed by atoms with E-state index < -0.39 is 0 Å². The number of rotatable bonds is 3. The molecule has 0 saturated carbocycles. The smallest absolute Gasteiger partial charge is 0.0260 e. The van der Waals surface area contributed by atoms with Crippen molar-refractivity contribution in [2.75, 3.05) is 0 Å². The Bertz CT molecular complexity index is 67.3. The topological polar surface area (TPSA) is 57.2 Å². The van der Waals surface area contributed by atoms with Gasteiger partial charge in [0.25, 0.3) is 0 Å². The summed E-state index contributed by atoms with van der Waals surface area (Å²) in [5.74, 6) is 0. The molecule has 0 radical (unpaired) electrons. The molecular weight excluding hydrogens is 299 g/mol. The quantitative estimate of drug-likeness (QED) is 0.257. The first-order valence-electron chi connectivity index (χ1n) is 1.14. The summed E-state index contributed by atoms with van der Waals surface area (Å²) in [6.45, 7) is 0. The Morgan fingerprint density at radius 2 is 2.00 bits per heavy atom. The van der Waals surface area contributed by atoms with Crippen LogP contribution in [0.1, 0.15) is 0 Å². The van der Waals surface area contributed by atoms with Gasteiger partial charge in [0, 0.05) is 31.1 Å². The predicted molar refractivity (Wildman–Crippen MR) is 14.1 cm³/mol. The molecule has 0 heterocycles. The monoisotopic (exact) mass is 300 g/mol. The molecule has 6 heteroatoms. The zero-order chi connectivity index (χ0) is 5.54. The van der Waals surface area contributed by atoms with Crippen LogP contribution in [-0.2, 0) is 41.1 Å². The van der Waals surface area contributed by atoms with Crippen LogP contribution < -0.4 is 0 Å². The van der Waals surface area contributed by atoms with E-state index in [0.717, 1.165) is 0 Å². The van der Waals surface area contributed by atoms with Gasteiger partial charge in [-0.1, -0.05) is 6.11 Å². The second-order valence-electron chi connectivity index (χ2n) is 0.396. The standard InChI is InChI=1S/C2HO5.Pt/c1-2-4-6-7-5-3;/h3H;/q-1;. The second kappa shape index (κ2) is 9.99. The van der Waals surface area contributed by atoms with E-state index in [1.165, 1.54) is 6.11 Å². The normalized spacial score (nSPS) is 6.50. The van der Waals surface area contributed by atoms with E-state index in [-0.39, 0.29) is 21.1 Å². The van der Waals surface area contributed by atoms with Crippen molar-refractivity contribution in [2.24, 2.45) is 0 Å². The molecule has 0 aromatic carbocycles. The fraction of sp³-hybridized carbons (Fsp3) is 0. The van der Waals surface area contributed by atoms with Crippen molar-refractivity contribution < 1.29 is 46.3 Å². The molecule has 0 amide bonds. The van der Waals surface area contributed by atoms with Crippen molar-refractivity contribution in [3.05, 3.63) is 6.42 Å². The van der Waals surface area contributed by atoms with E-state index in [1.807, 2.05) is 0 Å². The van der Waals surface area contributed by atoms with Gasteiger partial charge in [-0.2, -0.15) is 0 Å². The maximum absolute atomic E-state index is 7.28. The average Bonchev–Trinajstić information content (AvgIpc) is 1.69. The van der Waals surface area contributed by atoms with Gasteiger partial charge in [0.1, 0.15) is 0 Å². The molecule has 0 bridgehead atoms. The van der Waals surface area contributed by atoms with Gasteiger partial charge in [-0.15, -0.1) is 0 Å². The maximum atomic E-state index is 7.28. The van der Waals surface area contributed by atoms with Crippen LogP contribution in [0.3, 0.4) is 0 Å². The van der Waals surface area contributed by atoms with Crippen molar-refractivity contribution >= 4 is 0 Å². The largest absolute Gasteiger partial charge is 0.644 e. The first-order valence-corrected chi connectivity index (χ1v) is 1.14. The van der Waals surface area contributed by atoms with Gasteiger partial charge in [0.2, 0.25) is 0 Å². The molecule has 0 aromatic heterocycles. The summed E-state index contributed by atoms with van der Waals surface area (Å²) in [6, 6.07) is 0. The van der Waals surface area contributed by atoms with Crippen LogP contribution >= 0.6 is 0 Å². The van der Waals surface area contributed by atoms with Gasteiger partial charge in [-0.25, -0.2) is 5.26 Å². The molecule has 1 N–H and O–H groups in total. The third kappa shape index (κ3) is 9.31. The minimum absolute atomic E-state index is 0. The van der Waals surface area contributed by atoms with Crippen molar-refractivity contribution in [1.29, 1.82) is 0 Å². The molecule has 50 valence electrons. The third-order valence-corrected chi connectivity index (χ3v) is 0.134. The number of hydrogen-bond acceptors (Lipinski definition) is 5. The Hall–Kier alpha value is -0.112. The third-order valence-electron chi connectivity index (χ3n) is 0.134. The first kappa shape index (κ1) is 10.8. The molecule has 0 aliphatic heterocycles. The minimum atomic E-state index is 0. The molecule has 5 nitrogen and oxygen atoms in total. The zero-order valence-corrected chi connectivity index (χ0v) is 5.67. The Morgan fingerprint density at radius 3 is 2.38 bits per heavy atom. The Kier molecular flexibility index (Phi) is 13.5. The van der Waals surface area contributed by atoms with Crippen molar-refractivity contribution in [2.45, 2.75) is 0 Å². The number of hydrogen-bond donors (Lipinski definition) is 1. The van der Waals surface area contributed by atoms with Gasteiger partial charge in [-0.05, 0) is 5.04 Å². The van der Waals surface area contributed by atoms with Gasteiger partial charge in [-0.3, -0.25) is 4.89 Å². The predicted octanol–water partition coefficient (Wildman–Crippen LogP) is -0.184. The molecular formula is C2HO5Pt-. The molecule has 0 rings (SSSR count). The van der Waals surface area contributed by atoms with Gasteiger partial charge in [0.05, 0.1) is 0 Å². The Balaban J connectivity index is 0. The first-order chi connectivity index (χ1) is 3.41. The fourth-order valence-electron chi connectivity index (χ4n) is 0.0433. The van der Waals surface area contributed by atoms with E-state index in [4.69, 9.17) is 11.7 Å². The fourth-order valence-corrected chi connectivity index (χ4v) is 0.0433. The van der Waals surface area contributed by atoms with Crippen LogP contribution in [0.15, 0.2) is 0 Å². The molecule has 0 fully saturated rings. The van der Waals surface area contributed by atoms with Gasteiger partial charge >= 0.3 is 0 Å².